The topological polar surface area (TPSA) is 36.9 Å². The highest BCUT2D eigenvalue weighted by molar-refractivity contribution is 6.00. The average molecular weight is 422 g/mol. The summed E-state index contributed by atoms with van der Waals surface area (Å²) in [4.78, 5) is 0. The van der Waals surface area contributed by atoms with Gasteiger partial charge in [0.2, 0.25) is 0 Å². The van der Waals surface area contributed by atoms with Gasteiger partial charge < -0.3 is 18.9 Å². The van der Waals surface area contributed by atoms with E-state index in [2.05, 4.69) is 60.7 Å². The van der Waals surface area contributed by atoms with Crippen molar-refractivity contribution in [3.05, 3.63) is 83.0 Å². The van der Waals surface area contributed by atoms with Gasteiger partial charge in [-0.3, -0.25) is 0 Å². The highest BCUT2D eigenvalue weighted by Gasteiger charge is 2.60. The minimum atomic E-state index is -0.499. The molecule has 2 fully saturated rings. The lowest BCUT2D eigenvalue weighted by Gasteiger charge is -2.27. The molecule has 2 aliphatic heterocycles. The third kappa shape index (κ3) is 1.74. The lowest BCUT2D eigenvalue weighted by molar-refractivity contribution is -0.161. The molecule has 4 atom stereocenters. The highest BCUT2D eigenvalue weighted by Crippen LogP contribution is 2.61. The van der Waals surface area contributed by atoms with Gasteiger partial charge in [-0.05, 0) is 55.9 Å². The molecule has 4 nitrogen and oxygen atoms in total. The van der Waals surface area contributed by atoms with Crippen LogP contribution in [0.25, 0.3) is 21.5 Å². The van der Waals surface area contributed by atoms with Crippen LogP contribution in [0.1, 0.15) is 45.9 Å². The molecule has 2 saturated heterocycles. The van der Waals surface area contributed by atoms with Crippen molar-refractivity contribution in [2.24, 2.45) is 0 Å². The summed E-state index contributed by atoms with van der Waals surface area (Å²) in [5.74, 6) is -0.211. The number of rotatable bonds is 0. The van der Waals surface area contributed by atoms with E-state index in [1.807, 2.05) is 0 Å². The van der Waals surface area contributed by atoms with Crippen LogP contribution < -0.4 is 0 Å². The van der Waals surface area contributed by atoms with Gasteiger partial charge in [0.1, 0.15) is 0 Å². The Bertz CT molecular complexity index is 1220. The van der Waals surface area contributed by atoms with Crippen molar-refractivity contribution in [3.8, 4) is 0 Å². The third-order valence-corrected chi connectivity index (χ3v) is 8.74. The maximum absolute atomic E-state index is 6.19. The van der Waals surface area contributed by atoms with Crippen molar-refractivity contribution in [2.45, 2.75) is 35.2 Å². The SMILES string of the molecule is C1=CC2c3cc4cc5cc6c(cc5cc4cc3C1C21OCCO1)C1C=C[C@H]6C12OCCO2. The van der Waals surface area contributed by atoms with Gasteiger partial charge in [0, 0.05) is 0 Å². The Balaban J connectivity index is 1.23. The first-order chi connectivity index (χ1) is 15.8. The quantitative estimate of drug-likeness (QED) is 0.378. The van der Waals surface area contributed by atoms with Gasteiger partial charge in [-0.2, -0.15) is 0 Å². The van der Waals surface area contributed by atoms with Gasteiger partial charge in [0.05, 0.1) is 50.1 Å². The van der Waals surface area contributed by atoms with Crippen molar-refractivity contribution >= 4 is 21.5 Å². The second kappa shape index (κ2) is 5.35. The molecule has 2 heterocycles. The van der Waals surface area contributed by atoms with Crippen LogP contribution in [0.2, 0.25) is 0 Å². The monoisotopic (exact) mass is 422 g/mol. The lowest BCUT2D eigenvalue weighted by Crippen LogP contribution is -2.34. The van der Waals surface area contributed by atoms with Crippen molar-refractivity contribution in [1.82, 2.24) is 0 Å². The van der Waals surface area contributed by atoms with Crippen LogP contribution in [0.4, 0.5) is 0 Å². The van der Waals surface area contributed by atoms with Crippen LogP contribution in [0.3, 0.4) is 0 Å². The van der Waals surface area contributed by atoms with Crippen LogP contribution in [0, 0.1) is 0 Å². The van der Waals surface area contributed by atoms with E-state index in [-0.39, 0.29) is 23.7 Å². The predicted octanol–water partition coefficient (Wildman–Crippen LogP) is 4.98. The van der Waals surface area contributed by atoms with Gasteiger partial charge in [-0.25, -0.2) is 0 Å². The summed E-state index contributed by atoms with van der Waals surface area (Å²) >= 11 is 0. The fourth-order valence-corrected chi connectivity index (χ4v) is 7.50. The lowest BCUT2D eigenvalue weighted by atomic mass is 9.89. The molecule has 0 amide bonds. The zero-order valence-corrected chi connectivity index (χ0v) is 17.5. The Labute approximate surface area is 185 Å². The molecule has 0 saturated carbocycles. The van der Waals surface area contributed by atoms with Gasteiger partial charge in [0.25, 0.3) is 0 Å². The van der Waals surface area contributed by atoms with Gasteiger partial charge in [-0.1, -0.05) is 48.6 Å². The van der Waals surface area contributed by atoms with Gasteiger partial charge >= 0.3 is 0 Å². The molecular formula is C28H22O4. The first kappa shape index (κ1) is 17.0. The molecule has 0 N–H and O–H groups in total. The summed E-state index contributed by atoms with van der Waals surface area (Å²) in [7, 11) is 0. The van der Waals surface area contributed by atoms with E-state index in [4.69, 9.17) is 18.9 Å². The first-order valence-corrected chi connectivity index (χ1v) is 11.7. The van der Waals surface area contributed by atoms with Crippen LogP contribution in [0.5, 0.6) is 0 Å². The van der Waals surface area contributed by atoms with Gasteiger partial charge in [0.15, 0.2) is 11.6 Å². The average Bonchev–Trinajstić information content (AvgIpc) is 3.65. The highest BCUT2D eigenvalue weighted by atomic mass is 16.7. The summed E-state index contributed by atoms with van der Waals surface area (Å²) in [6.07, 6.45) is 9.12. The minimum Gasteiger partial charge on any atom is -0.346 e. The number of fused-ring (bicyclic) bond motifs is 8. The van der Waals surface area contributed by atoms with Crippen molar-refractivity contribution in [2.75, 3.05) is 26.4 Å². The van der Waals surface area contributed by atoms with Crippen LogP contribution in [-0.2, 0) is 18.9 Å². The summed E-state index contributed by atoms with van der Waals surface area (Å²) < 4.78 is 24.8. The standard InChI is InChI=1S/C28H22O4/c1-2-24-20-12-16-10-18-14-22-21(25-3-4-26(22)28(25)31-7-8-32-28)13-17(18)9-15(16)11-19(20)23(1)27(24)29-5-6-30-27/h1-4,9-14,23-26H,5-8H2/t23-,24?,25?,26?/m1/s1. The maximum Gasteiger partial charge on any atom is 0.189 e. The fraction of sp³-hybridized carbons (Fsp3) is 0.357. The Morgan fingerprint density at radius 2 is 0.719 bits per heavy atom. The normalized spacial score (nSPS) is 33.5. The molecule has 6 aliphatic rings. The Morgan fingerprint density at radius 1 is 0.438 bits per heavy atom. The molecule has 3 aromatic rings. The number of ether oxygens (including phenoxy) is 4. The van der Waals surface area contributed by atoms with Crippen molar-refractivity contribution in [1.29, 1.82) is 0 Å². The maximum atomic E-state index is 6.19. The van der Waals surface area contributed by atoms with E-state index >= 15 is 0 Å². The Hall–Kier alpha value is -2.50. The van der Waals surface area contributed by atoms with E-state index in [0.717, 1.165) is 0 Å². The van der Waals surface area contributed by atoms with E-state index in [9.17, 15) is 0 Å². The summed E-state index contributed by atoms with van der Waals surface area (Å²) in [6, 6.07) is 14.2. The Morgan fingerprint density at radius 3 is 1.00 bits per heavy atom. The van der Waals surface area contributed by atoms with Crippen molar-refractivity contribution in [3.63, 3.8) is 0 Å². The molecule has 0 radical (unpaired) electrons. The number of benzene rings is 3. The molecule has 4 bridgehead atoms. The largest absolute Gasteiger partial charge is 0.346 e. The molecule has 3 aromatic carbocycles. The zero-order chi connectivity index (χ0) is 20.7. The molecule has 0 aromatic heterocycles. The molecule has 9 rings (SSSR count). The molecule has 4 aliphatic carbocycles. The second-order valence-electron chi connectivity index (χ2n) is 10.0. The molecule has 3 unspecified atom stereocenters. The van der Waals surface area contributed by atoms with Gasteiger partial charge in [-0.15, -0.1) is 0 Å². The predicted molar refractivity (Wildman–Crippen MR) is 120 cm³/mol. The summed E-state index contributed by atoms with van der Waals surface area (Å²) in [5.41, 5.74) is 5.45. The minimum absolute atomic E-state index is 0.197. The van der Waals surface area contributed by atoms with E-state index in [1.54, 1.807) is 0 Å². The molecular weight excluding hydrogens is 400 g/mol. The van der Waals surface area contributed by atoms with Crippen LogP contribution >= 0.6 is 0 Å². The number of hydrogen-bond acceptors (Lipinski definition) is 4. The van der Waals surface area contributed by atoms with Crippen molar-refractivity contribution < 1.29 is 18.9 Å². The van der Waals surface area contributed by atoms with E-state index in [1.165, 1.54) is 43.8 Å². The Kier molecular flexibility index (Phi) is 2.85. The molecule has 4 heteroatoms. The third-order valence-electron chi connectivity index (χ3n) is 8.74. The molecule has 32 heavy (non-hydrogen) atoms. The molecule has 158 valence electrons. The van der Waals surface area contributed by atoms with E-state index < -0.39 is 11.6 Å². The first-order valence-electron chi connectivity index (χ1n) is 11.7. The van der Waals surface area contributed by atoms with E-state index in [0.29, 0.717) is 26.4 Å². The zero-order valence-electron chi connectivity index (χ0n) is 17.5. The smallest absolute Gasteiger partial charge is 0.189 e. The fourth-order valence-electron chi connectivity index (χ4n) is 7.50. The molecule has 2 spiro atoms. The summed E-state index contributed by atoms with van der Waals surface area (Å²) in [5, 5.41) is 5.14. The van der Waals surface area contributed by atoms with Crippen LogP contribution in [0.15, 0.2) is 60.7 Å². The van der Waals surface area contributed by atoms with Crippen LogP contribution in [-0.4, -0.2) is 38.0 Å². The summed E-state index contributed by atoms with van der Waals surface area (Å²) in [6.45, 7) is 2.73. The second-order valence-corrected chi connectivity index (χ2v) is 10.0. The number of hydrogen-bond donors (Lipinski definition) is 0.